The van der Waals surface area contributed by atoms with Crippen molar-refractivity contribution in [3.05, 3.63) is 41.2 Å². The first-order valence-electron chi connectivity index (χ1n) is 5.19. The van der Waals surface area contributed by atoms with E-state index in [1.807, 2.05) is 42.1 Å². The summed E-state index contributed by atoms with van der Waals surface area (Å²) in [5, 5.41) is 0.736. The lowest BCUT2D eigenvalue weighted by Crippen LogP contribution is -2.02. The SMILES string of the molecule is Cn1cc(CCN)nc1-c1ccc(Cl)cc1. The summed E-state index contributed by atoms with van der Waals surface area (Å²) in [7, 11) is 1.98. The summed E-state index contributed by atoms with van der Waals surface area (Å²) < 4.78 is 2.01. The van der Waals surface area contributed by atoms with Gasteiger partial charge in [-0.05, 0) is 30.8 Å². The number of aryl methyl sites for hydroxylation is 1. The quantitative estimate of drug-likeness (QED) is 0.887. The van der Waals surface area contributed by atoms with E-state index in [1.54, 1.807) is 0 Å². The molecule has 4 heteroatoms. The summed E-state index contributed by atoms with van der Waals surface area (Å²) in [5.41, 5.74) is 7.60. The van der Waals surface area contributed by atoms with E-state index >= 15 is 0 Å². The van der Waals surface area contributed by atoms with E-state index in [4.69, 9.17) is 17.3 Å². The normalized spacial score (nSPS) is 10.7. The average molecular weight is 236 g/mol. The van der Waals surface area contributed by atoms with Crippen LogP contribution in [0.15, 0.2) is 30.5 Å². The van der Waals surface area contributed by atoms with Crippen LogP contribution < -0.4 is 5.73 Å². The summed E-state index contributed by atoms with van der Waals surface area (Å²) in [5.74, 6) is 0.945. The highest BCUT2D eigenvalue weighted by Crippen LogP contribution is 2.20. The molecule has 0 amide bonds. The lowest BCUT2D eigenvalue weighted by molar-refractivity contribution is 0.912. The maximum absolute atomic E-state index is 5.85. The van der Waals surface area contributed by atoms with Gasteiger partial charge in [0.2, 0.25) is 0 Å². The van der Waals surface area contributed by atoms with Crippen LogP contribution in [0.25, 0.3) is 11.4 Å². The van der Waals surface area contributed by atoms with Gasteiger partial charge < -0.3 is 10.3 Å². The van der Waals surface area contributed by atoms with Crippen molar-refractivity contribution in [2.75, 3.05) is 6.54 Å². The summed E-state index contributed by atoms with van der Waals surface area (Å²) in [6.07, 6.45) is 2.82. The molecule has 84 valence electrons. The second-order valence-corrected chi connectivity index (χ2v) is 4.15. The van der Waals surface area contributed by atoms with E-state index in [1.165, 1.54) is 0 Å². The molecule has 0 spiro atoms. The fraction of sp³-hybridized carbons (Fsp3) is 0.250. The average Bonchev–Trinajstić information content (AvgIpc) is 2.61. The zero-order valence-electron chi connectivity index (χ0n) is 9.15. The highest BCUT2D eigenvalue weighted by molar-refractivity contribution is 6.30. The van der Waals surface area contributed by atoms with Crippen LogP contribution in [0, 0.1) is 0 Å². The Hall–Kier alpha value is -1.32. The molecule has 0 aliphatic heterocycles. The van der Waals surface area contributed by atoms with Crippen molar-refractivity contribution >= 4 is 11.6 Å². The molecular formula is C12H14ClN3. The molecule has 2 aromatic rings. The van der Waals surface area contributed by atoms with Gasteiger partial charge in [0.05, 0.1) is 5.69 Å². The van der Waals surface area contributed by atoms with Gasteiger partial charge in [-0.1, -0.05) is 11.6 Å². The summed E-state index contributed by atoms with van der Waals surface area (Å²) in [6, 6.07) is 7.68. The van der Waals surface area contributed by atoms with Gasteiger partial charge in [0.1, 0.15) is 5.82 Å². The van der Waals surface area contributed by atoms with Gasteiger partial charge in [-0.25, -0.2) is 4.98 Å². The van der Waals surface area contributed by atoms with Crippen molar-refractivity contribution in [1.82, 2.24) is 9.55 Å². The standard InChI is InChI=1S/C12H14ClN3/c1-16-8-11(6-7-14)15-12(16)9-2-4-10(13)5-3-9/h2-5,8H,6-7,14H2,1H3. The van der Waals surface area contributed by atoms with E-state index in [9.17, 15) is 0 Å². The minimum absolute atomic E-state index is 0.622. The number of nitrogens with two attached hydrogens (primary N) is 1. The predicted octanol–water partition coefficient (Wildman–Crippen LogP) is 2.24. The number of hydrogen-bond acceptors (Lipinski definition) is 2. The molecule has 0 fully saturated rings. The molecule has 2 rings (SSSR count). The Kier molecular flexibility index (Phi) is 3.27. The largest absolute Gasteiger partial charge is 0.334 e. The van der Waals surface area contributed by atoms with E-state index in [-0.39, 0.29) is 0 Å². The first kappa shape index (κ1) is 11.2. The lowest BCUT2D eigenvalue weighted by atomic mass is 10.2. The monoisotopic (exact) mass is 235 g/mol. The van der Waals surface area contributed by atoms with Crippen molar-refractivity contribution in [2.45, 2.75) is 6.42 Å². The third kappa shape index (κ3) is 2.26. The summed E-state index contributed by atoms with van der Waals surface area (Å²) in [4.78, 5) is 4.54. The fourth-order valence-corrected chi connectivity index (χ4v) is 1.79. The van der Waals surface area contributed by atoms with Crippen LogP contribution >= 0.6 is 11.6 Å². The zero-order valence-corrected chi connectivity index (χ0v) is 9.91. The zero-order chi connectivity index (χ0) is 11.5. The molecule has 0 unspecified atom stereocenters. The van der Waals surface area contributed by atoms with Gasteiger partial charge in [-0.2, -0.15) is 0 Å². The minimum Gasteiger partial charge on any atom is -0.334 e. The van der Waals surface area contributed by atoms with E-state index in [2.05, 4.69) is 4.98 Å². The van der Waals surface area contributed by atoms with E-state index in [0.717, 1.165) is 28.5 Å². The maximum Gasteiger partial charge on any atom is 0.139 e. The molecule has 0 aliphatic rings. The number of halogens is 1. The first-order valence-corrected chi connectivity index (χ1v) is 5.57. The third-order valence-electron chi connectivity index (χ3n) is 2.43. The van der Waals surface area contributed by atoms with E-state index < -0.39 is 0 Å². The third-order valence-corrected chi connectivity index (χ3v) is 2.68. The predicted molar refractivity (Wildman–Crippen MR) is 66.4 cm³/mol. The van der Waals surface area contributed by atoms with Crippen LogP contribution in [-0.2, 0) is 13.5 Å². The van der Waals surface area contributed by atoms with Crippen LogP contribution in [0.2, 0.25) is 5.02 Å². The number of benzene rings is 1. The molecule has 0 atom stereocenters. The Labute approximate surface area is 99.9 Å². The van der Waals surface area contributed by atoms with Crippen molar-refractivity contribution in [1.29, 1.82) is 0 Å². The Morgan fingerprint density at radius 1 is 1.31 bits per heavy atom. The molecule has 0 saturated carbocycles. The van der Waals surface area contributed by atoms with Gasteiger partial charge in [0, 0.05) is 30.3 Å². The van der Waals surface area contributed by atoms with Crippen molar-refractivity contribution in [3.63, 3.8) is 0 Å². The van der Waals surface area contributed by atoms with E-state index in [0.29, 0.717) is 6.54 Å². The van der Waals surface area contributed by atoms with Crippen LogP contribution in [0.4, 0.5) is 0 Å². The fourth-order valence-electron chi connectivity index (χ4n) is 1.66. The summed E-state index contributed by atoms with van der Waals surface area (Å²) >= 11 is 5.85. The highest BCUT2D eigenvalue weighted by Gasteiger charge is 2.06. The van der Waals surface area contributed by atoms with Gasteiger partial charge in [0.25, 0.3) is 0 Å². The highest BCUT2D eigenvalue weighted by atomic mass is 35.5. The van der Waals surface area contributed by atoms with Crippen molar-refractivity contribution in [3.8, 4) is 11.4 Å². The Morgan fingerprint density at radius 3 is 2.62 bits per heavy atom. The molecule has 1 aromatic carbocycles. The van der Waals surface area contributed by atoms with Gasteiger partial charge in [-0.15, -0.1) is 0 Å². The molecule has 0 bridgehead atoms. The number of rotatable bonds is 3. The van der Waals surface area contributed by atoms with Crippen molar-refractivity contribution < 1.29 is 0 Å². The first-order chi connectivity index (χ1) is 7.70. The number of nitrogens with zero attached hydrogens (tertiary/aromatic N) is 2. The maximum atomic E-state index is 5.85. The second-order valence-electron chi connectivity index (χ2n) is 3.71. The molecule has 3 nitrogen and oxygen atoms in total. The molecule has 0 saturated heterocycles. The Morgan fingerprint density at radius 2 is 2.00 bits per heavy atom. The Balaban J connectivity index is 2.36. The number of imidazole rings is 1. The van der Waals surface area contributed by atoms with Gasteiger partial charge >= 0.3 is 0 Å². The van der Waals surface area contributed by atoms with Gasteiger partial charge in [-0.3, -0.25) is 0 Å². The topological polar surface area (TPSA) is 43.8 Å². The van der Waals surface area contributed by atoms with Crippen LogP contribution in [-0.4, -0.2) is 16.1 Å². The smallest absolute Gasteiger partial charge is 0.139 e. The molecule has 1 aromatic heterocycles. The number of aromatic nitrogens is 2. The number of hydrogen-bond donors (Lipinski definition) is 1. The molecule has 1 heterocycles. The molecule has 0 radical (unpaired) electrons. The summed E-state index contributed by atoms with van der Waals surface area (Å²) in [6.45, 7) is 0.622. The van der Waals surface area contributed by atoms with Crippen LogP contribution in [0.3, 0.4) is 0 Å². The van der Waals surface area contributed by atoms with Crippen LogP contribution in [0.1, 0.15) is 5.69 Å². The molecule has 2 N–H and O–H groups in total. The molecule has 16 heavy (non-hydrogen) atoms. The van der Waals surface area contributed by atoms with Gasteiger partial charge in [0.15, 0.2) is 0 Å². The molecular weight excluding hydrogens is 222 g/mol. The minimum atomic E-state index is 0.622. The van der Waals surface area contributed by atoms with Crippen LogP contribution in [0.5, 0.6) is 0 Å². The Bertz CT molecular complexity index is 474. The van der Waals surface area contributed by atoms with Crippen molar-refractivity contribution in [2.24, 2.45) is 12.8 Å². The second kappa shape index (κ2) is 4.68. The molecule has 0 aliphatic carbocycles. The lowest BCUT2D eigenvalue weighted by Gasteiger charge is -2.00.